The van der Waals surface area contributed by atoms with Gasteiger partial charge in [-0.05, 0) is 42.4 Å². The minimum atomic E-state index is -2.17. The Hall–Kier alpha value is -2.95. The Morgan fingerprint density at radius 3 is 1.88 bits per heavy atom. The van der Waals surface area contributed by atoms with Crippen LogP contribution in [0, 0.1) is 35.0 Å². The van der Waals surface area contributed by atoms with E-state index in [4.69, 9.17) is 12.2 Å². The molecule has 3 rings (SSSR count). The molecule has 5 nitrogen and oxygen atoms in total. The van der Waals surface area contributed by atoms with E-state index in [1.807, 2.05) is 18.7 Å². The summed E-state index contributed by atoms with van der Waals surface area (Å²) in [6.45, 7) is 4.64. The molecule has 0 aliphatic carbocycles. The van der Waals surface area contributed by atoms with Gasteiger partial charge in [0, 0.05) is 44.0 Å². The normalized spacial score (nSPS) is 13.9. The van der Waals surface area contributed by atoms with Gasteiger partial charge in [0.15, 0.2) is 28.4 Å². The first-order valence-corrected chi connectivity index (χ1v) is 10.7. The topological polar surface area (TPSA) is 47.6 Å². The third kappa shape index (κ3) is 5.70. The molecule has 0 radical (unpaired) electrons. The second-order valence-corrected chi connectivity index (χ2v) is 8.45. The van der Waals surface area contributed by atoms with Gasteiger partial charge >= 0.3 is 0 Å². The Kier molecular flexibility index (Phi) is 7.72. The molecule has 1 aliphatic rings. The van der Waals surface area contributed by atoms with Crippen molar-refractivity contribution in [2.75, 3.05) is 41.3 Å². The van der Waals surface area contributed by atoms with Crippen molar-refractivity contribution >= 4 is 40.3 Å². The van der Waals surface area contributed by atoms with E-state index in [9.17, 15) is 26.7 Å². The number of thiocarbonyl (C=S) groups is 1. The van der Waals surface area contributed by atoms with Gasteiger partial charge < -0.3 is 20.4 Å². The van der Waals surface area contributed by atoms with E-state index >= 15 is 0 Å². The summed E-state index contributed by atoms with van der Waals surface area (Å²) in [5.41, 5.74) is 0.569. The third-order valence-electron chi connectivity index (χ3n) is 5.12. The lowest BCUT2D eigenvalue weighted by molar-refractivity contribution is -0.120. The molecule has 1 amide bonds. The van der Waals surface area contributed by atoms with Crippen LogP contribution in [0.5, 0.6) is 0 Å². The van der Waals surface area contributed by atoms with Crippen LogP contribution in [0.3, 0.4) is 0 Å². The fourth-order valence-electron chi connectivity index (χ4n) is 3.53. The van der Waals surface area contributed by atoms with E-state index < -0.39 is 34.8 Å². The lowest BCUT2D eigenvalue weighted by Gasteiger charge is -2.37. The summed E-state index contributed by atoms with van der Waals surface area (Å²) in [5, 5.41) is 5.71. The number of carbonyl (C=O) groups is 1. The van der Waals surface area contributed by atoms with Gasteiger partial charge in [0.05, 0.1) is 0 Å². The minimum absolute atomic E-state index is 0.0737. The number of nitrogens with one attached hydrogen (secondary N) is 2. The maximum Gasteiger partial charge on any atom is 0.226 e. The molecule has 1 heterocycles. The van der Waals surface area contributed by atoms with Crippen LogP contribution < -0.4 is 20.4 Å². The fourth-order valence-corrected chi connectivity index (χ4v) is 3.76. The summed E-state index contributed by atoms with van der Waals surface area (Å²) in [4.78, 5) is 14.9. The fraction of sp³-hybridized carbons (Fsp3) is 0.364. The number of amides is 1. The van der Waals surface area contributed by atoms with E-state index in [0.717, 1.165) is 10.6 Å². The van der Waals surface area contributed by atoms with E-state index in [1.54, 1.807) is 24.3 Å². The molecule has 0 spiro atoms. The Balaban J connectivity index is 1.60. The Morgan fingerprint density at radius 1 is 0.879 bits per heavy atom. The SMILES string of the molecule is CC(C)CC(=O)NC(=S)Nc1ccc(N2CCN(c3c(F)c(F)c(F)c(F)c3F)CC2)cc1. The molecule has 0 bridgehead atoms. The number of anilines is 3. The lowest BCUT2D eigenvalue weighted by Crippen LogP contribution is -2.47. The number of carbonyl (C=O) groups excluding carboxylic acids is 1. The summed E-state index contributed by atoms with van der Waals surface area (Å²) in [7, 11) is 0. The molecule has 11 heteroatoms. The lowest BCUT2D eigenvalue weighted by atomic mass is 10.1. The van der Waals surface area contributed by atoms with Gasteiger partial charge in [0.2, 0.25) is 11.7 Å². The quantitative estimate of drug-likeness (QED) is 0.281. The highest BCUT2D eigenvalue weighted by Crippen LogP contribution is 2.31. The van der Waals surface area contributed by atoms with Gasteiger partial charge in [-0.1, -0.05) is 13.8 Å². The number of piperazine rings is 1. The summed E-state index contributed by atoms with van der Waals surface area (Å²) in [5.74, 6) is -9.69. The van der Waals surface area contributed by atoms with Crippen molar-refractivity contribution in [2.45, 2.75) is 20.3 Å². The monoisotopic (exact) mass is 486 g/mol. The maximum atomic E-state index is 14.1. The van der Waals surface area contributed by atoms with E-state index in [0.29, 0.717) is 25.2 Å². The smallest absolute Gasteiger partial charge is 0.226 e. The first-order valence-electron chi connectivity index (χ1n) is 10.3. The number of benzene rings is 2. The van der Waals surface area contributed by atoms with Gasteiger partial charge in [0.1, 0.15) is 5.69 Å². The van der Waals surface area contributed by atoms with Crippen LogP contribution >= 0.6 is 12.2 Å². The zero-order valence-corrected chi connectivity index (χ0v) is 18.8. The molecule has 0 saturated carbocycles. The predicted octanol–water partition coefficient (Wildman–Crippen LogP) is 4.57. The van der Waals surface area contributed by atoms with E-state index in [1.165, 1.54) is 0 Å². The molecule has 2 N–H and O–H groups in total. The molecule has 33 heavy (non-hydrogen) atoms. The Labute approximate surface area is 193 Å². The predicted molar refractivity (Wildman–Crippen MR) is 121 cm³/mol. The molecule has 0 aromatic heterocycles. The maximum absolute atomic E-state index is 14.1. The van der Waals surface area contributed by atoms with Crippen LogP contribution in [0.2, 0.25) is 0 Å². The van der Waals surface area contributed by atoms with Crippen molar-refractivity contribution in [3.8, 4) is 0 Å². The van der Waals surface area contributed by atoms with Crippen LogP contribution in [0.15, 0.2) is 24.3 Å². The molecule has 0 atom stereocenters. The summed E-state index contributed by atoms with van der Waals surface area (Å²) < 4.78 is 68.5. The zero-order valence-electron chi connectivity index (χ0n) is 18.0. The zero-order chi connectivity index (χ0) is 24.3. The summed E-state index contributed by atoms with van der Waals surface area (Å²) >= 11 is 5.13. The first-order chi connectivity index (χ1) is 15.6. The Morgan fingerprint density at radius 2 is 1.36 bits per heavy atom. The highest BCUT2D eigenvalue weighted by molar-refractivity contribution is 7.80. The third-order valence-corrected chi connectivity index (χ3v) is 5.32. The van der Waals surface area contributed by atoms with Crippen molar-refractivity contribution in [3.05, 3.63) is 53.4 Å². The summed E-state index contributed by atoms with van der Waals surface area (Å²) in [6, 6.07) is 7.11. The molecular weight excluding hydrogens is 463 g/mol. The minimum Gasteiger partial charge on any atom is -0.368 e. The van der Waals surface area contributed by atoms with Crippen molar-refractivity contribution in [1.29, 1.82) is 0 Å². The van der Waals surface area contributed by atoms with Crippen LogP contribution in [-0.2, 0) is 4.79 Å². The standard InChI is InChI=1S/C22H23F5N4OS/c1-12(2)11-15(32)29-22(33)28-13-3-5-14(6-4-13)30-7-9-31(10-8-30)21-19(26)17(24)16(23)18(25)20(21)27/h3-6,12H,7-11H2,1-2H3,(H2,28,29,32,33). The number of rotatable bonds is 5. The van der Waals surface area contributed by atoms with Crippen LogP contribution in [0.4, 0.5) is 39.0 Å². The van der Waals surface area contributed by atoms with Crippen LogP contribution in [0.25, 0.3) is 0 Å². The molecule has 1 saturated heterocycles. The van der Waals surface area contributed by atoms with Crippen molar-refractivity contribution in [3.63, 3.8) is 0 Å². The highest BCUT2D eigenvalue weighted by Gasteiger charge is 2.30. The average Bonchev–Trinajstić information content (AvgIpc) is 2.77. The van der Waals surface area contributed by atoms with Gasteiger partial charge in [-0.2, -0.15) is 0 Å². The molecule has 1 aliphatic heterocycles. The van der Waals surface area contributed by atoms with Crippen molar-refractivity contribution in [2.24, 2.45) is 5.92 Å². The van der Waals surface area contributed by atoms with Gasteiger partial charge in [-0.3, -0.25) is 4.79 Å². The van der Waals surface area contributed by atoms with Gasteiger partial charge in [0.25, 0.3) is 0 Å². The molecular formula is C22H23F5N4OS. The molecule has 0 unspecified atom stereocenters. The Bertz CT molecular complexity index is 1010. The van der Waals surface area contributed by atoms with Crippen LogP contribution in [-0.4, -0.2) is 37.2 Å². The highest BCUT2D eigenvalue weighted by atomic mass is 32.1. The molecule has 2 aromatic carbocycles. The largest absolute Gasteiger partial charge is 0.368 e. The number of hydrogen-bond donors (Lipinski definition) is 2. The molecule has 178 valence electrons. The first kappa shape index (κ1) is 24.7. The number of halogens is 5. The second-order valence-electron chi connectivity index (χ2n) is 8.04. The molecule has 2 aromatic rings. The van der Waals surface area contributed by atoms with Gasteiger partial charge in [-0.15, -0.1) is 0 Å². The van der Waals surface area contributed by atoms with Crippen LogP contribution in [0.1, 0.15) is 20.3 Å². The van der Waals surface area contributed by atoms with E-state index in [-0.39, 0.29) is 30.0 Å². The molecule has 1 fully saturated rings. The average molecular weight is 487 g/mol. The summed E-state index contributed by atoms with van der Waals surface area (Å²) in [6.07, 6.45) is 0.359. The number of nitrogens with zero attached hydrogens (tertiary/aromatic N) is 2. The van der Waals surface area contributed by atoms with E-state index in [2.05, 4.69) is 10.6 Å². The second kappa shape index (κ2) is 10.3. The number of hydrogen-bond acceptors (Lipinski definition) is 4. The van der Waals surface area contributed by atoms with Crippen molar-refractivity contribution < 1.29 is 26.7 Å². The van der Waals surface area contributed by atoms with Crippen molar-refractivity contribution in [1.82, 2.24) is 5.32 Å². The van der Waals surface area contributed by atoms with Gasteiger partial charge in [-0.25, -0.2) is 22.0 Å².